The minimum Gasteiger partial charge on any atom is -0.495 e. The number of rotatable bonds is 3. The number of nitrogens with one attached hydrogen (secondary N) is 1. The largest absolute Gasteiger partial charge is 0.495 e. The van der Waals surface area contributed by atoms with Crippen LogP contribution in [0.4, 0.5) is 11.5 Å². The highest BCUT2D eigenvalue weighted by Gasteiger charge is 2.10. The van der Waals surface area contributed by atoms with Gasteiger partial charge in [-0.3, -0.25) is 4.68 Å². The molecule has 0 spiro atoms. The number of fused-ring (bicyclic) bond motifs is 1. The Balaban J connectivity index is 2.07. The van der Waals surface area contributed by atoms with Gasteiger partial charge in [-0.2, -0.15) is 5.10 Å². The Morgan fingerprint density at radius 3 is 2.95 bits per heavy atom. The standard InChI is InChI=1S/C13H12ClN5O/c1-19-13-9(6-17-19)12(15-7-16-13)18-10-5-8(14)3-4-11(10)20-2/h3-7H,1-2H3,(H,15,16,18). The number of methoxy groups -OCH3 is 1. The highest BCUT2D eigenvalue weighted by atomic mass is 35.5. The van der Waals surface area contributed by atoms with Gasteiger partial charge in [-0.15, -0.1) is 0 Å². The number of ether oxygens (including phenoxy) is 1. The zero-order valence-electron chi connectivity index (χ0n) is 11.0. The topological polar surface area (TPSA) is 64.9 Å². The summed E-state index contributed by atoms with van der Waals surface area (Å²) in [6.07, 6.45) is 3.21. The summed E-state index contributed by atoms with van der Waals surface area (Å²) in [5.74, 6) is 1.34. The van der Waals surface area contributed by atoms with E-state index >= 15 is 0 Å². The first-order valence-electron chi connectivity index (χ1n) is 5.92. The van der Waals surface area contributed by atoms with Gasteiger partial charge in [0.05, 0.1) is 24.4 Å². The van der Waals surface area contributed by atoms with Crippen LogP contribution in [0.3, 0.4) is 0 Å². The van der Waals surface area contributed by atoms with E-state index < -0.39 is 0 Å². The molecule has 0 saturated heterocycles. The van der Waals surface area contributed by atoms with E-state index in [9.17, 15) is 0 Å². The zero-order valence-corrected chi connectivity index (χ0v) is 11.7. The first-order valence-corrected chi connectivity index (χ1v) is 6.30. The molecule has 1 aromatic carbocycles. The molecule has 7 heteroatoms. The highest BCUT2D eigenvalue weighted by molar-refractivity contribution is 6.31. The number of aromatic nitrogens is 4. The second-order valence-corrected chi connectivity index (χ2v) is 4.63. The molecule has 0 aliphatic rings. The molecule has 0 saturated carbocycles. The molecule has 20 heavy (non-hydrogen) atoms. The summed E-state index contributed by atoms with van der Waals surface area (Å²) in [4.78, 5) is 8.44. The Hall–Kier alpha value is -2.34. The van der Waals surface area contributed by atoms with Crippen molar-refractivity contribution in [2.24, 2.45) is 7.05 Å². The smallest absolute Gasteiger partial charge is 0.163 e. The van der Waals surface area contributed by atoms with Crippen LogP contribution in [0.5, 0.6) is 5.75 Å². The fourth-order valence-corrected chi connectivity index (χ4v) is 2.14. The van der Waals surface area contributed by atoms with Crippen LogP contribution in [-0.4, -0.2) is 26.9 Å². The van der Waals surface area contributed by atoms with Crippen LogP contribution < -0.4 is 10.1 Å². The number of anilines is 2. The van der Waals surface area contributed by atoms with E-state index in [1.807, 2.05) is 7.05 Å². The van der Waals surface area contributed by atoms with Crippen LogP contribution >= 0.6 is 11.6 Å². The third-order valence-electron chi connectivity index (χ3n) is 2.94. The summed E-state index contributed by atoms with van der Waals surface area (Å²) in [6, 6.07) is 5.35. The zero-order chi connectivity index (χ0) is 14.1. The molecule has 3 rings (SSSR count). The number of hydrogen-bond donors (Lipinski definition) is 1. The van der Waals surface area contributed by atoms with Gasteiger partial charge in [-0.1, -0.05) is 11.6 Å². The summed E-state index contributed by atoms with van der Waals surface area (Å²) in [6.45, 7) is 0. The summed E-state index contributed by atoms with van der Waals surface area (Å²) in [5, 5.41) is 8.83. The van der Waals surface area contributed by atoms with Crippen LogP contribution in [0.2, 0.25) is 5.02 Å². The predicted octanol–water partition coefficient (Wildman–Crippen LogP) is 2.77. The summed E-state index contributed by atoms with van der Waals surface area (Å²) in [7, 11) is 3.44. The van der Waals surface area contributed by atoms with Gasteiger partial charge in [0.25, 0.3) is 0 Å². The summed E-state index contributed by atoms with van der Waals surface area (Å²) >= 11 is 6.02. The summed E-state index contributed by atoms with van der Waals surface area (Å²) in [5.41, 5.74) is 1.49. The van der Waals surface area contributed by atoms with E-state index in [1.54, 1.807) is 36.2 Å². The second kappa shape index (κ2) is 4.97. The Morgan fingerprint density at radius 1 is 1.30 bits per heavy atom. The third-order valence-corrected chi connectivity index (χ3v) is 3.18. The highest BCUT2D eigenvalue weighted by Crippen LogP contribution is 2.31. The fourth-order valence-electron chi connectivity index (χ4n) is 1.97. The molecule has 0 amide bonds. The van der Waals surface area contributed by atoms with Crippen LogP contribution in [-0.2, 0) is 7.05 Å². The SMILES string of the molecule is COc1ccc(Cl)cc1Nc1ncnc2c1cnn2C. The van der Waals surface area contributed by atoms with Crippen molar-refractivity contribution in [1.82, 2.24) is 19.7 Å². The van der Waals surface area contributed by atoms with E-state index in [4.69, 9.17) is 16.3 Å². The molecular formula is C13H12ClN5O. The Labute approximate surface area is 120 Å². The number of nitrogens with zero attached hydrogens (tertiary/aromatic N) is 4. The molecule has 0 fully saturated rings. The van der Waals surface area contributed by atoms with E-state index in [2.05, 4.69) is 20.4 Å². The van der Waals surface area contributed by atoms with E-state index in [-0.39, 0.29) is 0 Å². The lowest BCUT2D eigenvalue weighted by Gasteiger charge is -2.11. The van der Waals surface area contributed by atoms with Gasteiger partial charge in [0.2, 0.25) is 0 Å². The van der Waals surface area contributed by atoms with Crippen molar-refractivity contribution in [2.75, 3.05) is 12.4 Å². The maximum atomic E-state index is 6.02. The number of halogens is 1. The van der Waals surface area contributed by atoms with Gasteiger partial charge < -0.3 is 10.1 Å². The van der Waals surface area contributed by atoms with Gasteiger partial charge in [-0.25, -0.2) is 9.97 Å². The first-order chi connectivity index (χ1) is 9.69. The van der Waals surface area contributed by atoms with Crippen LogP contribution in [0.15, 0.2) is 30.7 Å². The Bertz CT molecular complexity index is 771. The average Bonchev–Trinajstić information content (AvgIpc) is 2.82. The van der Waals surface area contributed by atoms with Crippen molar-refractivity contribution in [3.05, 3.63) is 35.7 Å². The molecule has 1 N–H and O–H groups in total. The lowest BCUT2D eigenvalue weighted by molar-refractivity contribution is 0.417. The first kappa shape index (κ1) is 12.7. The van der Waals surface area contributed by atoms with Gasteiger partial charge in [0.1, 0.15) is 17.9 Å². The van der Waals surface area contributed by atoms with Gasteiger partial charge in [-0.05, 0) is 18.2 Å². The molecule has 0 atom stereocenters. The van der Waals surface area contributed by atoms with Crippen molar-refractivity contribution in [3.63, 3.8) is 0 Å². The molecular weight excluding hydrogens is 278 g/mol. The van der Waals surface area contributed by atoms with Crippen molar-refractivity contribution in [1.29, 1.82) is 0 Å². The molecule has 0 unspecified atom stereocenters. The summed E-state index contributed by atoms with van der Waals surface area (Å²) < 4.78 is 7.00. The van der Waals surface area contributed by atoms with Crippen molar-refractivity contribution in [2.45, 2.75) is 0 Å². The van der Waals surface area contributed by atoms with Crippen LogP contribution in [0.1, 0.15) is 0 Å². The molecule has 0 radical (unpaired) electrons. The number of hydrogen-bond acceptors (Lipinski definition) is 5. The molecule has 102 valence electrons. The number of aryl methyl sites for hydroxylation is 1. The molecule has 6 nitrogen and oxygen atoms in total. The van der Waals surface area contributed by atoms with Crippen molar-refractivity contribution < 1.29 is 4.74 Å². The van der Waals surface area contributed by atoms with Crippen LogP contribution in [0, 0.1) is 0 Å². The van der Waals surface area contributed by atoms with Crippen molar-refractivity contribution >= 4 is 34.1 Å². The van der Waals surface area contributed by atoms with E-state index in [1.165, 1.54) is 6.33 Å². The van der Waals surface area contributed by atoms with Gasteiger partial charge in [0.15, 0.2) is 5.65 Å². The minimum absolute atomic E-state index is 0.616. The monoisotopic (exact) mass is 289 g/mol. The Kier molecular flexibility index (Phi) is 3.15. The van der Waals surface area contributed by atoms with Crippen LogP contribution in [0.25, 0.3) is 11.0 Å². The van der Waals surface area contributed by atoms with Crippen molar-refractivity contribution in [3.8, 4) is 5.75 Å². The maximum absolute atomic E-state index is 6.02. The number of benzene rings is 1. The molecule has 2 aromatic heterocycles. The average molecular weight is 290 g/mol. The quantitative estimate of drug-likeness (QED) is 0.803. The molecule has 0 aliphatic carbocycles. The normalized spacial score (nSPS) is 10.8. The second-order valence-electron chi connectivity index (χ2n) is 4.20. The van der Waals surface area contributed by atoms with Gasteiger partial charge >= 0.3 is 0 Å². The van der Waals surface area contributed by atoms with E-state index in [0.717, 1.165) is 16.7 Å². The Morgan fingerprint density at radius 2 is 2.15 bits per heavy atom. The molecule has 2 heterocycles. The van der Waals surface area contributed by atoms with E-state index in [0.29, 0.717) is 16.6 Å². The lowest BCUT2D eigenvalue weighted by atomic mass is 10.2. The lowest BCUT2D eigenvalue weighted by Crippen LogP contribution is -1.99. The molecule has 0 bridgehead atoms. The third kappa shape index (κ3) is 2.14. The maximum Gasteiger partial charge on any atom is 0.163 e. The minimum atomic E-state index is 0.616. The fraction of sp³-hybridized carbons (Fsp3) is 0.154. The van der Waals surface area contributed by atoms with Gasteiger partial charge in [0, 0.05) is 12.1 Å². The predicted molar refractivity (Wildman–Crippen MR) is 77.6 cm³/mol. The molecule has 0 aliphatic heterocycles. The molecule has 3 aromatic rings.